The first kappa shape index (κ1) is 8.50. The van der Waals surface area contributed by atoms with Gasteiger partial charge in [0.1, 0.15) is 5.54 Å². The minimum Gasteiger partial charge on any atom is -0.325 e. The third kappa shape index (κ3) is 1.11. The highest BCUT2D eigenvalue weighted by molar-refractivity contribution is 6.07. The summed E-state index contributed by atoms with van der Waals surface area (Å²) in [4.78, 5) is 22.5. The summed E-state index contributed by atoms with van der Waals surface area (Å²) in [6.45, 7) is 0. The predicted molar refractivity (Wildman–Crippen MR) is 45.8 cm³/mol. The highest BCUT2D eigenvalue weighted by Crippen LogP contribution is 2.29. The maximum atomic E-state index is 11.5. The van der Waals surface area contributed by atoms with Crippen molar-refractivity contribution >= 4 is 11.9 Å². The largest absolute Gasteiger partial charge is 0.325 e. The summed E-state index contributed by atoms with van der Waals surface area (Å²) in [5, 5.41) is 4.88. The molecule has 1 spiro atoms. The van der Waals surface area contributed by atoms with E-state index in [0.717, 1.165) is 19.3 Å². The zero-order valence-corrected chi connectivity index (χ0v) is 7.30. The third-order valence-electron chi connectivity index (χ3n) is 2.94. The number of carbonyl (C=O) groups is 2. The first-order valence-electron chi connectivity index (χ1n) is 4.54. The summed E-state index contributed by atoms with van der Waals surface area (Å²) in [7, 11) is 0. The van der Waals surface area contributed by atoms with E-state index < -0.39 is 11.6 Å². The molecule has 0 aromatic rings. The van der Waals surface area contributed by atoms with Gasteiger partial charge in [0.05, 0.1) is 0 Å². The van der Waals surface area contributed by atoms with Gasteiger partial charge in [0, 0.05) is 6.04 Å². The molecule has 3 amide bonds. The van der Waals surface area contributed by atoms with E-state index in [9.17, 15) is 9.59 Å². The van der Waals surface area contributed by atoms with Gasteiger partial charge in [-0.05, 0) is 12.8 Å². The van der Waals surface area contributed by atoms with Crippen LogP contribution in [0.15, 0.2) is 0 Å². The molecule has 4 N–H and O–H groups in total. The molecule has 0 aromatic heterocycles. The molecule has 5 heteroatoms. The Bertz CT molecular complexity index is 266. The molecule has 0 aromatic carbocycles. The molecule has 2 unspecified atom stereocenters. The number of hydrogen-bond donors (Lipinski definition) is 3. The molecule has 72 valence electrons. The van der Waals surface area contributed by atoms with E-state index in [1.54, 1.807) is 0 Å². The van der Waals surface area contributed by atoms with Gasteiger partial charge in [-0.1, -0.05) is 12.8 Å². The number of rotatable bonds is 0. The van der Waals surface area contributed by atoms with Gasteiger partial charge in [0.2, 0.25) is 0 Å². The highest BCUT2D eigenvalue weighted by atomic mass is 16.2. The molecule has 1 heterocycles. The lowest BCUT2D eigenvalue weighted by molar-refractivity contribution is -0.125. The van der Waals surface area contributed by atoms with E-state index in [2.05, 4.69) is 10.6 Å². The second-order valence-corrected chi connectivity index (χ2v) is 3.73. The highest BCUT2D eigenvalue weighted by Gasteiger charge is 2.51. The van der Waals surface area contributed by atoms with Crippen molar-refractivity contribution in [2.24, 2.45) is 5.73 Å². The SMILES string of the molecule is NC1CCCCC12NC(=O)NC2=O. The summed E-state index contributed by atoms with van der Waals surface area (Å²) in [6, 6.07) is -0.657. The summed E-state index contributed by atoms with van der Waals surface area (Å²) in [5.74, 6) is -0.260. The van der Waals surface area contributed by atoms with Crippen molar-refractivity contribution in [3.8, 4) is 0 Å². The monoisotopic (exact) mass is 183 g/mol. The topological polar surface area (TPSA) is 84.2 Å². The van der Waals surface area contributed by atoms with E-state index in [-0.39, 0.29) is 11.9 Å². The van der Waals surface area contributed by atoms with Crippen LogP contribution in [0.2, 0.25) is 0 Å². The summed E-state index contributed by atoms with van der Waals surface area (Å²) in [5.41, 5.74) is 5.04. The van der Waals surface area contributed by atoms with Crippen LogP contribution in [0.5, 0.6) is 0 Å². The number of hydrogen-bond acceptors (Lipinski definition) is 3. The van der Waals surface area contributed by atoms with E-state index >= 15 is 0 Å². The molecular formula is C8H13N3O2. The number of carbonyl (C=O) groups excluding carboxylic acids is 2. The number of urea groups is 1. The zero-order valence-electron chi connectivity index (χ0n) is 7.30. The van der Waals surface area contributed by atoms with E-state index in [0.29, 0.717) is 6.42 Å². The number of amides is 3. The van der Waals surface area contributed by atoms with Crippen molar-refractivity contribution in [2.45, 2.75) is 37.3 Å². The summed E-state index contributed by atoms with van der Waals surface area (Å²) in [6.07, 6.45) is 3.44. The summed E-state index contributed by atoms with van der Waals surface area (Å²) >= 11 is 0. The van der Waals surface area contributed by atoms with E-state index in [1.807, 2.05) is 0 Å². The first-order valence-corrected chi connectivity index (χ1v) is 4.54. The van der Waals surface area contributed by atoms with Crippen molar-refractivity contribution in [1.82, 2.24) is 10.6 Å². The van der Waals surface area contributed by atoms with Crippen LogP contribution in [0, 0.1) is 0 Å². The lowest BCUT2D eigenvalue weighted by Crippen LogP contribution is -2.61. The molecule has 1 saturated carbocycles. The molecule has 13 heavy (non-hydrogen) atoms. The van der Waals surface area contributed by atoms with Gasteiger partial charge < -0.3 is 11.1 Å². The number of nitrogens with two attached hydrogens (primary N) is 1. The number of nitrogens with one attached hydrogen (secondary N) is 2. The molecule has 0 radical (unpaired) electrons. The van der Waals surface area contributed by atoms with Crippen molar-refractivity contribution < 1.29 is 9.59 Å². The van der Waals surface area contributed by atoms with Gasteiger partial charge in [-0.2, -0.15) is 0 Å². The van der Waals surface area contributed by atoms with Gasteiger partial charge in [0.15, 0.2) is 0 Å². The van der Waals surface area contributed by atoms with Crippen LogP contribution in [0.1, 0.15) is 25.7 Å². The van der Waals surface area contributed by atoms with Crippen molar-refractivity contribution in [2.75, 3.05) is 0 Å². The van der Waals surface area contributed by atoms with Crippen LogP contribution in [0.4, 0.5) is 4.79 Å². The van der Waals surface area contributed by atoms with Crippen LogP contribution >= 0.6 is 0 Å². The van der Waals surface area contributed by atoms with Crippen molar-refractivity contribution in [3.05, 3.63) is 0 Å². The molecule has 5 nitrogen and oxygen atoms in total. The standard InChI is InChI=1S/C8H13N3O2/c9-5-3-1-2-4-8(5)6(12)10-7(13)11-8/h5H,1-4,9H2,(H2,10,11,12,13). The molecule has 2 fully saturated rings. The Morgan fingerprint density at radius 1 is 1.38 bits per heavy atom. The number of imide groups is 1. The van der Waals surface area contributed by atoms with Crippen LogP contribution in [0.3, 0.4) is 0 Å². The second-order valence-electron chi connectivity index (χ2n) is 3.73. The van der Waals surface area contributed by atoms with Gasteiger partial charge in [-0.15, -0.1) is 0 Å². The molecule has 1 aliphatic heterocycles. The Kier molecular flexibility index (Phi) is 1.76. The normalized spacial score (nSPS) is 39.0. The average Bonchev–Trinajstić information content (AvgIpc) is 2.35. The minimum absolute atomic E-state index is 0.243. The smallest absolute Gasteiger partial charge is 0.322 e. The predicted octanol–water partition coefficient (Wildman–Crippen LogP) is -0.534. The zero-order chi connectivity index (χ0) is 9.47. The maximum Gasteiger partial charge on any atom is 0.322 e. The van der Waals surface area contributed by atoms with Crippen molar-refractivity contribution in [1.29, 1.82) is 0 Å². The van der Waals surface area contributed by atoms with Gasteiger partial charge in [-0.3, -0.25) is 10.1 Å². The quantitative estimate of drug-likeness (QED) is 0.441. The van der Waals surface area contributed by atoms with Crippen LogP contribution in [-0.4, -0.2) is 23.5 Å². The Hall–Kier alpha value is -1.10. The Morgan fingerprint density at radius 2 is 2.15 bits per heavy atom. The molecular weight excluding hydrogens is 170 g/mol. The van der Waals surface area contributed by atoms with Gasteiger partial charge >= 0.3 is 6.03 Å². The van der Waals surface area contributed by atoms with Crippen LogP contribution < -0.4 is 16.4 Å². The summed E-state index contributed by atoms with van der Waals surface area (Å²) < 4.78 is 0. The average molecular weight is 183 g/mol. The van der Waals surface area contributed by atoms with Gasteiger partial charge in [-0.25, -0.2) is 4.79 Å². The van der Waals surface area contributed by atoms with Crippen molar-refractivity contribution in [3.63, 3.8) is 0 Å². The van der Waals surface area contributed by atoms with E-state index in [1.165, 1.54) is 0 Å². The van der Waals surface area contributed by atoms with Gasteiger partial charge in [0.25, 0.3) is 5.91 Å². The lowest BCUT2D eigenvalue weighted by Gasteiger charge is -2.35. The maximum absolute atomic E-state index is 11.5. The lowest BCUT2D eigenvalue weighted by atomic mass is 9.78. The minimum atomic E-state index is -0.810. The fourth-order valence-electron chi connectivity index (χ4n) is 2.14. The molecule has 1 aliphatic carbocycles. The van der Waals surface area contributed by atoms with E-state index in [4.69, 9.17) is 5.73 Å². The Morgan fingerprint density at radius 3 is 2.69 bits per heavy atom. The fraction of sp³-hybridized carbons (Fsp3) is 0.750. The van der Waals surface area contributed by atoms with Crippen LogP contribution in [-0.2, 0) is 4.79 Å². The fourth-order valence-corrected chi connectivity index (χ4v) is 2.14. The third-order valence-corrected chi connectivity index (χ3v) is 2.94. The first-order chi connectivity index (χ1) is 6.15. The molecule has 1 saturated heterocycles. The molecule has 0 bridgehead atoms. The van der Waals surface area contributed by atoms with Crippen LogP contribution in [0.25, 0.3) is 0 Å². The Labute approximate surface area is 76.0 Å². The molecule has 2 aliphatic rings. The Balaban J connectivity index is 2.26. The molecule has 2 rings (SSSR count). The second kappa shape index (κ2) is 2.70. The molecule has 2 atom stereocenters.